The van der Waals surface area contributed by atoms with Crippen LogP contribution in [-0.4, -0.2) is 10.2 Å². The van der Waals surface area contributed by atoms with Crippen LogP contribution in [-0.2, 0) is 6.61 Å². The molecule has 2 nitrogen and oxygen atoms in total. The number of aliphatic hydroxyl groups is 1. The molecule has 0 heterocycles. The molecule has 1 aromatic rings. The Morgan fingerprint density at radius 3 is 2.60 bits per heavy atom. The van der Waals surface area contributed by atoms with Gasteiger partial charge in [-0.15, -0.1) is 0 Å². The molecule has 10 heavy (non-hydrogen) atoms. The molecule has 0 saturated heterocycles. The summed E-state index contributed by atoms with van der Waals surface area (Å²) in [5.74, 6) is -1.17. The van der Waals surface area contributed by atoms with Crippen molar-refractivity contribution in [2.24, 2.45) is 0 Å². The first kappa shape index (κ1) is 7.02. The van der Waals surface area contributed by atoms with Crippen molar-refractivity contribution in [2.45, 2.75) is 6.61 Å². The minimum Gasteiger partial charge on any atom is -0.505 e. The van der Waals surface area contributed by atoms with Gasteiger partial charge in [-0.25, -0.2) is 4.39 Å². The van der Waals surface area contributed by atoms with Crippen LogP contribution in [0, 0.1) is 5.82 Å². The number of benzene rings is 1. The number of hydrogen-bond donors (Lipinski definition) is 2. The van der Waals surface area contributed by atoms with Crippen molar-refractivity contribution in [3.8, 4) is 5.75 Å². The van der Waals surface area contributed by atoms with Crippen LogP contribution in [0.2, 0.25) is 0 Å². The molecule has 0 unspecified atom stereocenters. The SMILES string of the molecule is OCc1cccc(F)c1O. The standard InChI is InChI=1S/C7H7FO2/c8-6-3-1-2-5(4-9)7(6)10/h1-3,9-10H,4H2. The third-order valence-electron chi connectivity index (χ3n) is 1.24. The Hall–Kier alpha value is -1.09. The summed E-state index contributed by atoms with van der Waals surface area (Å²) in [7, 11) is 0. The highest BCUT2D eigenvalue weighted by Gasteiger charge is 2.03. The van der Waals surface area contributed by atoms with Crippen LogP contribution in [0.15, 0.2) is 18.2 Å². The van der Waals surface area contributed by atoms with E-state index >= 15 is 0 Å². The summed E-state index contributed by atoms with van der Waals surface area (Å²) in [4.78, 5) is 0. The van der Waals surface area contributed by atoms with E-state index in [1.54, 1.807) is 0 Å². The fraction of sp³-hybridized carbons (Fsp3) is 0.143. The topological polar surface area (TPSA) is 40.5 Å². The number of para-hydroxylation sites is 1. The number of aliphatic hydroxyl groups excluding tert-OH is 1. The molecule has 2 N–H and O–H groups in total. The Morgan fingerprint density at radius 1 is 1.40 bits per heavy atom. The predicted molar refractivity (Wildman–Crippen MR) is 34.0 cm³/mol. The minimum absolute atomic E-state index is 0.208. The maximum atomic E-state index is 12.4. The van der Waals surface area contributed by atoms with E-state index in [0.717, 1.165) is 6.07 Å². The lowest BCUT2D eigenvalue weighted by molar-refractivity contribution is 0.273. The number of halogens is 1. The second kappa shape index (κ2) is 2.66. The normalized spacial score (nSPS) is 9.80. The zero-order chi connectivity index (χ0) is 7.56. The fourth-order valence-electron chi connectivity index (χ4n) is 0.688. The Bertz CT molecular complexity index is 235. The number of phenols is 1. The highest BCUT2D eigenvalue weighted by Crippen LogP contribution is 2.19. The first-order chi connectivity index (χ1) is 4.75. The van der Waals surface area contributed by atoms with Gasteiger partial charge in [0.15, 0.2) is 11.6 Å². The van der Waals surface area contributed by atoms with Crippen LogP contribution < -0.4 is 0 Å². The summed E-state index contributed by atoms with van der Waals surface area (Å²) < 4.78 is 12.4. The monoisotopic (exact) mass is 142 g/mol. The van der Waals surface area contributed by atoms with Gasteiger partial charge < -0.3 is 10.2 Å². The molecule has 0 spiro atoms. The lowest BCUT2D eigenvalue weighted by atomic mass is 10.2. The molecule has 0 aliphatic heterocycles. The van der Waals surface area contributed by atoms with E-state index in [9.17, 15) is 4.39 Å². The van der Waals surface area contributed by atoms with Crippen molar-refractivity contribution in [1.29, 1.82) is 0 Å². The van der Waals surface area contributed by atoms with E-state index in [1.165, 1.54) is 12.1 Å². The van der Waals surface area contributed by atoms with Crippen LogP contribution in [0.5, 0.6) is 5.75 Å². The zero-order valence-electron chi connectivity index (χ0n) is 5.21. The van der Waals surface area contributed by atoms with Gasteiger partial charge in [0.05, 0.1) is 6.61 Å². The highest BCUT2D eigenvalue weighted by molar-refractivity contribution is 5.32. The molecule has 3 heteroatoms. The molecule has 54 valence electrons. The van der Waals surface area contributed by atoms with E-state index in [-0.39, 0.29) is 12.2 Å². The van der Waals surface area contributed by atoms with Crippen molar-refractivity contribution in [2.75, 3.05) is 0 Å². The summed E-state index contributed by atoms with van der Waals surface area (Å²) in [6.45, 7) is -0.344. The Morgan fingerprint density at radius 2 is 2.10 bits per heavy atom. The largest absolute Gasteiger partial charge is 0.505 e. The van der Waals surface area contributed by atoms with Gasteiger partial charge in [-0.1, -0.05) is 12.1 Å². The van der Waals surface area contributed by atoms with Crippen molar-refractivity contribution in [3.05, 3.63) is 29.6 Å². The van der Waals surface area contributed by atoms with Gasteiger partial charge in [0, 0.05) is 5.56 Å². The molecule has 0 aromatic heterocycles. The second-order valence-corrected chi connectivity index (χ2v) is 1.91. The Balaban J connectivity index is 3.14. The quantitative estimate of drug-likeness (QED) is 0.614. The molecule has 1 aromatic carbocycles. The van der Waals surface area contributed by atoms with E-state index in [1.807, 2.05) is 0 Å². The summed E-state index contributed by atoms with van der Waals surface area (Å²) in [6, 6.07) is 4.02. The molecular weight excluding hydrogens is 135 g/mol. The van der Waals surface area contributed by atoms with Gasteiger partial charge in [-0.05, 0) is 6.07 Å². The predicted octanol–water partition coefficient (Wildman–Crippen LogP) is 1.02. The third kappa shape index (κ3) is 1.09. The van der Waals surface area contributed by atoms with E-state index in [0.29, 0.717) is 0 Å². The van der Waals surface area contributed by atoms with Gasteiger partial charge in [0.2, 0.25) is 0 Å². The van der Waals surface area contributed by atoms with Crippen LogP contribution in [0.25, 0.3) is 0 Å². The van der Waals surface area contributed by atoms with Gasteiger partial charge in [0.25, 0.3) is 0 Å². The maximum Gasteiger partial charge on any atom is 0.165 e. The zero-order valence-corrected chi connectivity index (χ0v) is 5.21. The second-order valence-electron chi connectivity index (χ2n) is 1.91. The van der Waals surface area contributed by atoms with Gasteiger partial charge in [-0.2, -0.15) is 0 Å². The average molecular weight is 142 g/mol. The van der Waals surface area contributed by atoms with E-state index < -0.39 is 11.6 Å². The molecule has 0 aliphatic rings. The lowest BCUT2D eigenvalue weighted by Gasteiger charge is -1.99. The number of aromatic hydroxyl groups is 1. The molecule has 0 amide bonds. The van der Waals surface area contributed by atoms with Gasteiger partial charge >= 0.3 is 0 Å². The lowest BCUT2D eigenvalue weighted by Crippen LogP contribution is -1.85. The Kier molecular flexibility index (Phi) is 1.87. The van der Waals surface area contributed by atoms with E-state index in [4.69, 9.17) is 10.2 Å². The van der Waals surface area contributed by atoms with Gasteiger partial charge in [0.1, 0.15) is 0 Å². The molecule has 0 bridgehead atoms. The molecule has 0 fully saturated rings. The third-order valence-corrected chi connectivity index (χ3v) is 1.24. The molecule has 1 rings (SSSR count). The fourth-order valence-corrected chi connectivity index (χ4v) is 0.688. The molecule has 0 aliphatic carbocycles. The van der Waals surface area contributed by atoms with Crippen molar-refractivity contribution in [1.82, 2.24) is 0 Å². The molecule has 0 atom stereocenters. The minimum atomic E-state index is -0.702. The summed E-state index contributed by atoms with van der Waals surface area (Å²) in [5, 5.41) is 17.4. The highest BCUT2D eigenvalue weighted by atomic mass is 19.1. The summed E-state index contributed by atoms with van der Waals surface area (Å²) in [5.41, 5.74) is 0.208. The van der Waals surface area contributed by atoms with Crippen molar-refractivity contribution >= 4 is 0 Å². The maximum absolute atomic E-state index is 12.4. The van der Waals surface area contributed by atoms with Crippen molar-refractivity contribution in [3.63, 3.8) is 0 Å². The molecular formula is C7H7FO2. The first-order valence-electron chi connectivity index (χ1n) is 2.83. The van der Waals surface area contributed by atoms with Crippen LogP contribution in [0.4, 0.5) is 4.39 Å². The van der Waals surface area contributed by atoms with E-state index in [2.05, 4.69) is 0 Å². The number of rotatable bonds is 1. The number of hydrogen-bond acceptors (Lipinski definition) is 2. The van der Waals surface area contributed by atoms with Crippen LogP contribution in [0.3, 0.4) is 0 Å². The van der Waals surface area contributed by atoms with Crippen LogP contribution >= 0.6 is 0 Å². The molecule has 0 radical (unpaired) electrons. The average Bonchev–Trinajstić information content (AvgIpc) is 1.95. The van der Waals surface area contributed by atoms with Crippen LogP contribution in [0.1, 0.15) is 5.56 Å². The first-order valence-corrected chi connectivity index (χ1v) is 2.83. The van der Waals surface area contributed by atoms with Crippen molar-refractivity contribution < 1.29 is 14.6 Å². The molecule has 0 saturated carbocycles. The van der Waals surface area contributed by atoms with Gasteiger partial charge in [-0.3, -0.25) is 0 Å². The Labute approximate surface area is 57.6 Å². The summed E-state index contributed by atoms with van der Waals surface area (Å²) in [6.07, 6.45) is 0. The smallest absolute Gasteiger partial charge is 0.165 e. The summed E-state index contributed by atoms with van der Waals surface area (Å²) >= 11 is 0.